The Morgan fingerprint density at radius 1 is 0.857 bits per heavy atom. The van der Waals surface area contributed by atoms with Crippen molar-refractivity contribution in [2.45, 2.75) is 0 Å². The topological polar surface area (TPSA) is 0 Å². The van der Waals surface area contributed by atoms with Gasteiger partial charge in [0, 0.05) is 0 Å². The van der Waals surface area contributed by atoms with Gasteiger partial charge in [-0.15, -0.1) is 0 Å². The van der Waals surface area contributed by atoms with Crippen molar-refractivity contribution in [1.29, 1.82) is 0 Å². The molecule has 7 heavy (non-hydrogen) atoms. The van der Waals surface area contributed by atoms with Crippen LogP contribution in [0.25, 0.3) is 0 Å². The molecule has 0 bridgehead atoms. The van der Waals surface area contributed by atoms with Crippen molar-refractivity contribution in [2.75, 3.05) is 0 Å². The molecule has 0 aromatic carbocycles. The van der Waals surface area contributed by atoms with Crippen molar-refractivity contribution in [3.05, 3.63) is 0 Å². The zero-order valence-corrected chi connectivity index (χ0v) is 7.88. The van der Waals surface area contributed by atoms with Crippen LogP contribution in [0.5, 0.6) is 0 Å². The number of hydrogen-bond acceptors (Lipinski definition) is 0. The van der Waals surface area contributed by atoms with Gasteiger partial charge < -0.3 is 0 Å². The van der Waals surface area contributed by atoms with Gasteiger partial charge in [-0.3, -0.25) is 0 Å². The first-order valence-electron chi connectivity index (χ1n) is 0.926. The molecule has 0 N–H and O–H groups in total. The van der Waals surface area contributed by atoms with E-state index in [9.17, 15) is 9.47 Å². The van der Waals surface area contributed by atoms with E-state index in [0.717, 1.165) is 0 Å². The molecule has 0 unspecified atom stereocenters. The summed E-state index contributed by atoms with van der Waals surface area (Å²) in [6.07, 6.45) is 0. The van der Waals surface area contributed by atoms with E-state index in [2.05, 4.69) is 28.3 Å². The third-order valence-electron chi connectivity index (χ3n) is 0. The van der Waals surface area contributed by atoms with E-state index in [1.807, 2.05) is 0 Å². The Bertz CT molecular complexity index is 68.7. The van der Waals surface area contributed by atoms with Gasteiger partial charge in [-0.05, 0) is 0 Å². The number of hydrogen-bond donors (Lipinski definition) is 0. The summed E-state index contributed by atoms with van der Waals surface area (Å²) in [4.78, 5) is 0. The second-order valence-corrected chi connectivity index (χ2v) is 27.2. The predicted octanol–water partition coefficient (Wildman–Crippen LogP) is 3.33. The predicted molar refractivity (Wildman–Crippen MR) is 20.9 cm³/mol. The molecule has 0 rings (SSSR count). The molecule has 0 heterocycles. The third-order valence-corrected chi connectivity index (χ3v) is 0. The summed E-state index contributed by atoms with van der Waals surface area (Å²) in [5.41, 5.74) is 0. The summed E-state index contributed by atoms with van der Waals surface area (Å²) in [5, 5.41) is 0. The Labute approximate surface area is 49.7 Å². The summed E-state index contributed by atoms with van der Waals surface area (Å²) in [5.74, 6) is 0. The van der Waals surface area contributed by atoms with Crippen molar-refractivity contribution < 1.29 is 21.5 Å². The van der Waals surface area contributed by atoms with Crippen LogP contribution in [-0.4, -0.2) is 0 Å². The Kier molecular flexibility index (Phi) is 1.32. The van der Waals surface area contributed by atoms with Crippen LogP contribution in [0.2, 0.25) is 0 Å². The molecule has 0 aliphatic heterocycles. The maximum atomic E-state index is 11.2. The number of rotatable bonds is 0. The molecule has 0 fully saturated rings. The van der Waals surface area contributed by atoms with E-state index in [-0.39, 0.29) is 0 Å². The fourth-order valence-corrected chi connectivity index (χ4v) is 0. The molecular formula is Cl3F3W. The first kappa shape index (κ1) is 8.35. The van der Waals surface area contributed by atoms with Gasteiger partial charge in [0.15, 0.2) is 0 Å². The van der Waals surface area contributed by atoms with Gasteiger partial charge in [0.1, 0.15) is 0 Å². The zero-order valence-electron chi connectivity index (χ0n) is 2.68. The van der Waals surface area contributed by atoms with Crippen LogP contribution in [-0.2, 0) is 12.0 Å². The van der Waals surface area contributed by atoms with Gasteiger partial charge in [-0.1, -0.05) is 0 Å². The molecule has 0 saturated carbocycles. The first-order valence-corrected chi connectivity index (χ1v) is 15.2. The molecule has 0 amide bonds. The quantitative estimate of drug-likeness (QED) is 0.631. The summed E-state index contributed by atoms with van der Waals surface area (Å²) in [6, 6.07) is 0. The van der Waals surface area contributed by atoms with Gasteiger partial charge >= 0.3 is 49.7 Å². The molecule has 0 atom stereocenters. The second kappa shape index (κ2) is 1.11. The molecule has 0 aromatic rings. The van der Waals surface area contributed by atoms with Gasteiger partial charge in [0.25, 0.3) is 0 Å². The standard InChI is InChI=1S/3ClH.3FH.W/h6*1H;/q;;;;;;+6/p-6. The Balaban J connectivity index is 4.43. The molecule has 0 aromatic heterocycles. The van der Waals surface area contributed by atoms with Crippen molar-refractivity contribution in [2.24, 2.45) is 0 Å². The zero-order chi connectivity index (χ0) is 6.41. The van der Waals surface area contributed by atoms with Crippen LogP contribution in [0.4, 0.5) is 9.47 Å². The van der Waals surface area contributed by atoms with Crippen molar-refractivity contribution in [3.8, 4) is 0 Å². The van der Waals surface area contributed by atoms with E-state index >= 15 is 0 Å². The van der Waals surface area contributed by atoms with Gasteiger partial charge in [0.2, 0.25) is 0 Å². The van der Waals surface area contributed by atoms with E-state index in [1.165, 1.54) is 0 Å². The summed E-state index contributed by atoms with van der Waals surface area (Å²) in [6.45, 7) is 0. The molecule has 0 radical (unpaired) electrons. The van der Waals surface area contributed by atoms with Crippen LogP contribution in [0.1, 0.15) is 0 Å². The SMILES string of the molecule is [F][W]([F])([F])([Cl])([Cl])[Cl]. The molecule has 7 heteroatoms. The normalized spacial score (nSPS) is 23.1. The molecular weight excluding hydrogens is 347 g/mol. The molecule has 0 nitrogen and oxygen atoms in total. The van der Waals surface area contributed by atoms with Crippen LogP contribution >= 0.6 is 28.3 Å². The Hall–Kier alpha value is 1.35. The van der Waals surface area contributed by atoms with Gasteiger partial charge in [-0.25, -0.2) is 0 Å². The Morgan fingerprint density at radius 3 is 0.857 bits per heavy atom. The molecule has 0 aliphatic rings. The van der Waals surface area contributed by atoms with Crippen LogP contribution in [0, 0.1) is 0 Å². The maximum absolute atomic E-state index is 11.2. The fraction of sp³-hybridized carbons (Fsp3) is 0. The average molecular weight is 347 g/mol. The van der Waals surface area contributed by atoms with Crippen molar-refractivity contribution in [1.82, 2.24) is 0 Å². The minimum absolute atomic E-state index is 3.77. The molecule has 0 aliphatic carbocycles. The average Bonchev–Trinajstić information content (AvgIpc) is 0.592. The molecule has 0 saturated heterocycles. The monoisotopic (exact) mass is 346 g/mol. The second-order valence-electron chi connectivity index (χ2n) is 0.875. The first-order chi connectivity index (χ1) is 2.45. The van der Waals surface area contributed by atoms with Gasteiger partial charge in [0.05, 0.1) is 0 Å². The Morgan fingerprint density at radius 2 is 0.857 bits per heavy atom. The van der Waals surface area contributed by atoms with Crippen molar-refractivity contribution >= 4 is 28.3 Å². The van der Waals surface area contributed by atoms with E-state index in [4.69, 9.17) is 0 Å². The van der Waals surface area contributed by atoms with Crippen LogP contribution in [0.15, 0.2) is 0 Å². The minimum atomic E-state index is -8.39. The molecule has 48 valence electrons. The van der Waals surface area contributed by atoms with Gasteiger partial charge in [-0.2, -0.15) is 0 Å². The molecule has 0 spiro atoms. The van der Waals surface area contributed by atoms with Crippen LogP contribution < -0.4 is 0 Å². The fourth-order valence-electron chi connectivity index (χ4n) is 0. The van der Waals surface area contributed by atoms with E-state index in [1.54, 1.807) is 0 Å². The third kappa shape index (κ3) is 116. The van der Waals surface area contributed by atoms with Crippen molar-refractivity contribution in [3.63, 3.8) is 0 Å². The summed E-state index contributed by atoms with van der Waals surface area (Å²) >= 11 is -8.39. The van der Waals surface area contributed by atoms with E-state index in [0.29, 0.717) is 0 Å². The number of halogens is 6. The summed E-state index contributed by atoms with van der Waals surface area (Å²) in [7, 11) is 11.3. The summed E-state index contributed by atoms with van der Waals surface area (Å²) < 4.78 is 33.7. The van der Waals surface area contributed by atoms with E-state index < -0.39 is 12.0 Å². The van der Waals surface area contributed by atoms with Crippen LogP contribution in [0.3, 0.4) is 0 Å².